The van der Waals surface area contributed by atoms with Gasteiger partial charge in [0, 0.05) is 5.02 Å². The van der Waals surface area contributed by atoms with E-state index in [9.17, 15) is 4.79 Å². The molecule has 8 nitrogen and oxygen atoms in total. The molecular weight excluding hydrogens is 416 g/mol. The summed E-state index contributed by atoms with van der Waals surface area (Å²) >= 11 is 6.07. The van der Waals surface area contributed by atoms with Gasteiger partial charge in [-0.3, -0.25) is 4.79 Å². The minimum Gasteiger partial charge on any atom is -0.469 e. The summed E-state index contributed by atoms with van der Waals surface area (Å²) in [5, 5.41) is 18.9. The molecule has 0 bridgehead atoms. The van der Waals surface area contributed by atoms with Gasteiger partial charge < -0.3 is 4.74 Å². The minimum absolute atomic E-state index is 0.0282. The van der Waals surface area contributed by atoms with Gasteiger partial charge in [-0.05, 0) is 36.8 Å². The summed E-state index contributed by atoms with van der Waals surface area (Å²) in [6, 6.07) is 17.2. The fourth-order valence-corrected chi connectivity index (χ4v) is 3.75. The number of esters is 1. The molecule has 0 atom stereocenters. The lowest BCUT2D eigenvalue weighted by Crippen LogP contribution is -2.06. The molecule has 0 aliphatic rings. The fourth-order valence-electron chi connectivity index (χ4n) is 3.62. The first-order valence-corrected chi connectivity index (χ1v) is 9.96. The topological polar surface area (TPSA) is 87.2 Å². The van der Waals surface area contributed by atoms with Crippen LogP contribution < -0.4 is 0 Å². The van der Waals surface area contributed by atoms with Gasteiger partial charge in [-0.15, -0.1) is 10.2 Å². The summed E-state index contributed by atoms with van der Waals surface area (Å²) in [5.74, 6) is -0.411. The zero-order valence-electron chi connectivity index (χ0n) is 16.8. The number of ether oxygens (including phenoxy) is 1. The lowest BCUT2D eigenvalue weighted by molar-refractivity contribution is -0.139. The second-order valence-electron chi connectivity index (χ2n) is 7.02. The monoisotopic (exact) mass is 432 g/mol. The summed E-state index contributed by atoms with van der Waals surface area (Å²) < 4.78 is 8.25. The van der Waals surface area contributed by atoms with Crippen molar-refractivity contribution in [1.29, 1.82) is 0 Å². The van der Waals surface area contributed by atoms with E-state index in [2.05, 4.69) is 15.3 Å². The molecule has 0 unspecified atom stereocenters. The third-order valence-electron chi connectivity index (χ3n) is 5.06. The molecule has 3 heterocycles. The van der Waals surface area contributed by atoms with Crippen LogP contribution in [0.2, 0.25) is 5.02 Å². The molecule has 154 valence electrons. The molecule has 0 spiro atoms. The van der Waals surface area contributed by atoms with Crippen LogP contribution in [0.25, 0.3) is 33.6 Å². The van der Waals surface area contributed by atoms with Crippen LogP contribution in [0.15, 0.2) is 54.6 Å². The van der Waals surface area contributed by atoms with Gasteiger partial charge in [0.15, 0.2) is 16.8 Å². The van der Waals surface area contributed by atoms with E-state index in [0.717, 1.165) is 22.5 Å². The molecule has 9 heteroatoms. The number of methoxy groups -OCH3 is 1. The summed E-state index contributed by atoms with van der Waals surface area (Å²) in [4.78, 5) is 12.0. The highest BCUT2D eigenvalue weighted by Gasteiger charge is 2.23. The average molecular weight is 433 g/mol. The van der Waals surface area contributed by atoms with Gasteiger partial charge in [0.1, 0.15) is 5.69 Å². The van der Waals surface area contributed by atoms with Crippen LogP contribution in [-0.4, -0.2) is 42.7 Å². The predicted molar refractivity (Wildman–Crippen MR) is 116 cm³/mol. The van der Waals surface area contributed by atoms with Crippen LogP contribution >= 0.6 is 11.6 Å². The average Bonchev–Trinajstić information content (AvgIpc) is 3.32. The molecule has 0 aliphatic heterocycles. The van der Waals surface area contributed by atoms with E-state index >= 15 is 0 Å². The zero-order valence-corrected chi connectivity index (χ0v) is 17.5. The number of benzene rings is 2. The first-order chi connectivity index (χ1) is 15.1. The molecule has 0 fully saturated rings. The Morgan fingerprint density at radius 3 is 2.48 bits per heavy atom. The molecule has 31 heavy (non-hydrogen) atoms. The largest absolute Gasteiger partial charge is 0.469 e. The van der Waals surface area contributed by atoms with Gasteiger partial charge in [-0.2, -0.15) is 14.7 Å². The summed E-state index contributed by atoms with van der Waals surface area (Å²) in [6.07, 6.45) is -0.0282. The molecule has 0 amide bonds. The number of halogens is 1. The Labute approximate surface area is 182 Å². The highest BCUT2D eigenvalue weighted by atomic mass is 35.5. The van der Waals surface area contributed by atoms with E-state index in [1.165, 1.54) is 7.11 Å². The maximum absolute atomic E-state index is 12.0. The molecule has 2 aromatic carbocycles. The molecule has 0 saturated carbocycles. The number of carbonyl (C=O) groups excluding carboxylic acids is 1. The van der Waals surface area contributed by atoms with Gasteiger partial charge in [0.05, 0.1) is 30.5 Å². The van der Waals surface area contributed by atoms with E-state index in [1.807, 2.05) is 49.4 Å². The second kappa shape index (κ2) is 7.48. The highest BCUT2D eigenvalue weighted by molar-refractivity contribution is 6.30. The van der Waals surface area contributed by atoms with Crippen molar-refractivity contribution in [2.75, 3.05) is 7.11 Å². The summed E-state index contributed by atoms with van der Waals surface area (Å²) in [7, 11) is 1.34. The van der Waals surface area contributed by atoms with Crippen LogP contribution in [0.4, 0.5) is 0 Å². The molecule has 0 aliphatic carbocycles. The number of rotatable bonds is 4. The number of nitrogens with zero attached hydrogens (tertiary/aromatic N) is 6. The first kappa shape index (κ1) is 19.2. The third-order valence-corrected chi connectivity index (χ3v) is 5.31. The Hall–Kier alpha value is -3.78. The van der Waals surface area contributed by atoms with E-state index in [4.69, 9.17) is 21.4 Å². The summed E-state index contributed by atoms with van der Waals surface area (Å²) in [6.45, 7) is 1.93. The van der Waals surface area contributed by atoms with Crippen molar-refractivity contribution < 1.29 is 9.53 Å². The van der Waals surface area contributed by atoms with Crippen LogP contribution in [0.3, 0.4) is 0 Å². The molecule has 3 aromatic heterocycles. The lowest BCUT2D eigenvalue weighted by Gasteiger charge is -2.04. The van der Waals surface area contributed by atoms with Crippen molar-refractivity contribution in [2.45, 2.75) is 13.3 Å². The molecule has 5 aromatic rings. The highest BCUT2D eigenvalue weighted by Crippen LogP contribution is 2.30. The molecule has 5 rings (SSSR count). The normalized spacial score (nSPS) is 11.3. The minimum atomic E-state index is -0.411. The maximum Gasteiger partial charge on any atom is 0.311 e. The SMILES string of the molecule is COC(=O)Cc1nn(-c2ccc(Cl)cc2)c2c1nnc1c(-c3ccccc3)c(C)nn12. The number of carbonyl (C=O) groups is 1. The van der Waals surface area contributed by atoms with Gasteiger partial charge in [0.25, 0.3) is 0 Å². The number of aromatic nitrogens is 6. The Kier molecular flexibility index (Phi) is 4.63. The Morgan fingerprint density at radius 1 is 1.03 bits per heavy atom. The van der Waals surface area contributed by atoms with Crippen LogP contribution in [0.5, 0.6) is 0 Å². The van der Waals surface area contributed by atoms with Gasteiger partial charge >= 0.3 is 5.97 Å². The lowest BCUT2D eigenvalue weighted by atomic mass is 10.1. The molecule has 0 radical (unpaired) electrons. The molecule has 0 N–H and O–H groups in total. The number of hydrogen-bond donors (Lipinski definition) is 0. The quantitative estimate of drug-likeness (QED) is 0.401. The van der Waals surface area contributed by atoms with Crippen LogP contribution in [0.1, 0.15) is 11.4 Å². The van der Waals surface area contributed by atoms with Crippen molar-refractivity contribution in [1.82, 2.24) is 29.6 Å². The Balaban J connectivity index is 1.83. The van der Waals surface area contributed by atoms with Crippen molar-refractivity contribution in [3.8, 4) is 16.8 Å². The fraction of sp³-hybridized carbons (Fsp3) is 0.136. The van der Waals surface area contributed by atoms with Gasteiger partial charge in [-0.1, -0.05) is 41.9 Å². The van der Waals surface area contributed by atoms with Crippen molar-refractivity contribution >= 4 is 34.4 Å². The number of aryl methyl sites for hydroxylation is 1. The number of fused-ring (bicyclic) bond motifs is 3. The van der Waals surface area contributed by atoms with Gasteiger partial charge in [0.2, 0.25) is 0 Å². The van der Waals surface area contributed by atoms with E-state index in [-0.39, 0.29) is 6.42 Å². The summed E-state index contributed by atoms with van der Waals surface area (Å²) in [5.41, 5.74) is 5.62. The Bertz CT molecular complexity index is 1420. The predicted octanol–water partition coefficient (Wildman–Crippen LogP) is 3.81. The maximum atomic E-state index is 12.0. The first-order valence-electron chi connectivity index (χ1n) is 9.58. The second-order valence-corrected chi connectivity index (χ2v) is 7.46. The molecule has 0 saturated heterocycles. The van der Waals surface area contributed by atoms with Crippen LogP contribution in [-0.2, 0) is 16.0 Å². The standard InChI is InChI=1S/C22H17ClN6O2/c1-13-19(14-6-4-3-5-7-14)21-25-24-20-17(12-18(30)31-2)27-28(22(20)29(21)26-13)16-10-8-15(23)9-11-16/h3-11H,12H2,1-2H3. The van der Waals surface area contributed by atoms with E-state index in [0.29, 0.717) is 27.5 Å². The van der Waals surface area contributed by atoms with E-state index in [1.54, 1.807) is 21.3 Å². The van der Waals surface area contributed by atoms with Gasteiger partial charge in [-0.25, -0.2) is 4.68 Å². The molecular formula is C22H17ClN6O2. The third kappa shape index (κ3) is 3.21. The van der Waals surface area contributed by atoms with Crippen molar-refractivity contribution in [2.24, 2.45) is 0 Å². The number of hydrogen-bond acceptors (Lipinski definition) is 6. The zero-order chi connectivity index (χ0) is 21.5. The van der Waals surface area contributed by atoms with Crippen molar-refractivity contribution in [3.63, 3.8) is 0 Å². The Morgan fingerprint density at radius 2 is 1.77 bits per heavy atom. The van der Waals surface area contributed by atoms with Crippen molar-refractivity contribution in [3.05, 3.63) is 71.0 Å². The van der Waals surface area contributed by atoms with E-state index < -0.39 is 5.97 Å². The van der Waals surface area contributed by atoms with Crippen LogP contribution in [0, 0.1) is 6.92 Å². The smallest absolute Gasteiger partial charge is 0.311 e.